The Balaban J connectivity index is 1.77. The van der Waals surface area contributed by atoms with E-state index in [-0.39, 0.29) is 5.91 Å². The van der Waals surface area contributed by atoms with E-state index in [1.165, 1.54) is 11.5 Å². The average Bonchev–Trinajstić information content (AvgIpc) is 2.83. The number of amides is 1. The van der Waals surface area contributed by atoms with Crippen LogP contribution < -0.4 is 10.6 Å². The van der Waals surface area contributed by atoms with Crippen LogP contribution >= 0.6 is 23.3 Å². The van der Waals surface area contributed by atoms with Gasteiger partial charge in [-0.3, -0.25) is 15.0 Å². The molecule has 2 heterocycles. The summed E-state index contributed by atoms with van der Waals surface area (Å²) in [5.74, 6) is 0.991. The van der Waals surface area contributed by atoms with Crippen LogP contribution in [0.5, 0.6) is 0 Å². The Morgan fingerprint density at radius 1 is 1.65 bits per heavy atom. The molecule has 0 aromatic carbocycles. The van der Waals surface area contributed by atoms with Crippen LogP contribution in [-0.2, 0) is 4.79 Å². The summed E-state index contributed by atoms with van der Waals surface area (Å²) in [4.78, 5) is 18.4. The lowest BCUT2D eigenvalue weighted by molar-refractivity contribution is -0.117. The van der Waals surface area contributed by atoms with Crippen molar-refractivity contribution in [2.24, 2.45) is 0 Å². The Morgan fingerprint density at radius 3 is 3.25 bits per heavy atom. The molecule has 1 aliphatic heterocycles. The third kappa shape index (κ3) is 5.01. The Hall–Kier alpha value is -0.700. The van der Waals surface area contributed by atoms with Crippen LogP contribution in [0.2, 0.25) is 0 Å². The highest BCUT2D eigenvalue weighted by molar-refractivity contribution is 7.99. The predicted molar refractivity (Wildman–Crippen MR) is 83.5 cm³/mol. The van der Waals surface area contributed by atoms with E-state index in [0.29, 0.717) is 17.7 Å². The Bertz CT molecular complexity index is 439. The normalized spacial score (nSPS) is 20.0. The van der Waals surface area contributed by atoms with Crippen LogP contribution in [0.3, 0.4) is 0 Å². The predicted octanol–water partition coefficient (Wildman–Crippen LogP) is 1.27. The number of nitrogens with zero attached hydrogens (tertiary/aromatic N) is 3. The summed E-state index contributed by atoms with van der Waals surface area (Å²) in [6, 6.07) is 0.440. The molecule has 1 amide bonds. The van der Waals surface area contributed by atoms with Crippen LogP contribution in [0.15, 0.2) is 5.16 Å². The van der Waals surface area contributed by atoms with E-state index in [0.717, 1.165) is 37.0 Å². The van der Waals surface area contributed by atoms with Gasteiger partial charge in [-0.05, 0) is 13.3 Å². The van der Waals surface area contributed by atoms with Gasteiger partial charge in [0.1, 0.15) is 0 Å². The molecule has 0 aliphatic carbocycles. The number of anilines is 1. The molecule has 20 heavy (non-hydrogen) atoms. The van der Waals surface area contributed by atoms with Gasteiger partial charge in [-0.1, -0.05) is 18.7 Å². The van der Waals surface area contributed by atoms with Gasteiger partial charge in [-0.15, -0.1) is 0 Å². The van der Waals surface area contributed by atoms with E-state index >= 15 is 0 Å². The highest BCUT2D eigenvalue weighted by Crippen LogP contribution is 2.20. The molecule has 1 aliphatic rings. The fourth-order valence-corrected chi connectivity index (χ4v) is 3.45. The van der Waals surface area contributed by atoms with E-state index in [1.807, 2.05) is 0 Å². The van der Waals surface area contributed by atoms with Gasteiger partial charge >= 0.3 is 0 Å². The zero-order valence-electron chi connectivity index (χ0n) is 11.9. The first-order chi connectivity index (χ1) is 9.67. The molecule has 112 valence electrons. The molecule has 1 aromatic heterocycles. The number of thioether (sulfide) groups is 1. The Kier molecular flexibility index (Phi) is 6.21. The van der Waals surface area contributed by atoms with Crippen molar-refractivity contribution in [3.8, 4) is 0 Å². The maximum atomic E-state index is 12.0. The van der Waals surface area contributed by atoms with Gasteiger partial charge in [0, 0.05) is 43.0 Å². The summed E-state index contributed by atoms with van der Waals surface area (Å²) in [5, 5.41) is 7.54. The number of aromatic nitrogens is 2. The van der Waals surface area contributed by atoms with E-state index in [1.54, 1.807) is 11.8 Å². The van der Waals surface area contributed by atoms with Crippen molar-refractivity contribution in [2.45, 2.75) is 31.5 Å². The molecule has 0 saturated carbocycles. The minimum atomic E-state index is -0.0118. The number of carbonyl (C=O) groups excluding carboxylic acids is 1. The maximum absolute atomic E-state index is 12.0. The Labute approximate surface area is 127 Å². The smallest absolute Gasteiger partial charge is 0.240 e. The highest BCUT2D eigenvalue weighted by Gasteiger charge is 2.18. The summed E-state index contributed by atoms with van der Waals surface area (Å²) in [7, 11) is 0. The largest absolute Gasteiger partial charge is 0.312 e. The molecule has 1 fully saturated rings. The number of carbonyl (C=O) groups is 1. The molecule has 6 nitrogen and oxygen atoms in total. The van der Waals surface area contributed by atoms with Crippen molar-refractivity contribution < 1.29 is 4.79 Å². The lowest BCUT2D eigenvalue weighted by atomic mass is 10.2. The van der Waals surface area contributed by atoms with Gasteiger partial charge < -0.3 is 5.32 Å². The van der Waals surface area contributed by atoms with Crippen molar-refractivity contribution in [3.63, 3.8) is 0 Å². The standard InChI is InChI=1S/C12H21N5OS2/c1-3-6-19-12-15-11(20-16-12)14-10(18)8-17-5-4-13-9(2)7-17/h9,13H,3-8H2,1-2H3,(H,14,15,16,18)/t9-/m0/s1. The zero-order valence-corrected chi connectivity index (χ0v) is 13.5. The second kappa shape index (κ2) is 7.92. The Morgan fingerprint density at radius 2 is 2.50 bits per heavy atom. The first-order valence-electron chi connectivity index (χ1n) is 6.89. The third-order valence-corrected chi connectivity index (χ3v) is 4.71. The molecule has 1 saturated heterocycles. The highest BCUT2D eigenvalue weighted by atomic mass is 32.2. The molecular weight excluding hydrogens is 294 g/mol. The summed E-state index contributed by atoms with van der Waals surface area (Å²) < 4.78 is 4.22. The molecule has 2 N–H and O–H groups in total. The number of hydrogen-bond donors (Lipinski definition) is 2. The SMILES string of the molecule is CCCSc1nsc(NC(=O)CN2CCN[C@@H](C)C2)n1. The molecule has 0 radical (unpaired) electrons. The summed E-state index contributed by atoms with van der Waals surface area (Å²) in [6.07, 6.45) is 1.09. The molecule has 0 spiro atoms. The van der Waals surface area contributed by atoms with Crippen LogP contribution in [0, 0.1) is 0 Å². The molecular formula is C12H21N5OS2. The fourth-order valence-electron chi connectivity index (χ4n) is 2.03. The summed E-state index contributed by atoms with van der Waals surface area (Å²) in [6.45, 7) is 7.42. The van der Waals surface area contributed by atoms with Crippen LogP contribution in [0.25, 0.3) is 0 Å². The van der Waals surface area contributed by atoms with Crippen LogP contribution in [0.1, 0.15) is 20.3 Å². The van der Waals surface area contributed by atoms with Crippen molar-refractivity contribution in [2.75, 3.05) is 37.2 Å². The van der Waals surface area contributed by atoms with Gasteiger partial charge in [0.05, 0.1) is 6.54 Å². The summed E-state index contributed by atoms with van der Waals surface area (Å²) in [5.41, 5.74) is 0. The van der Waals surface area contributed by atoms with Gasteiger partial charge in [-0.25, -0.2) is 0 Å². The third-order valence-electron chi connectivity index (χ3n) is 2.91. The average molecular weight is 315 g/mol. The molecule has 0 unspecified atom stereocenters. The van der Waals surface area contributed by atoms with Crippen LogP contribution in [-0.4, -0.2) is 58.1 Å². The van der Waals surface area contributed by atoms with Gasteiger partial charge in [0.2, 0.25) is 16.2 Å². The monoisotopic (exact) mass is 315 g/mol. The number of nitrogens with one attached hydrogen (secondary N) is 2. The van der Waals surface area contributed by atoms with Crippen molar-refractivity contribution in [1.82, 2.24) is 19.6 Å². The summed E-state index contributed by atoms with van der Waals surface area (Å²) >= 11 is 2.87. The fraction of sp³-hybridized carbons (Fsp3) is 0.750. The van der Waals surface area contributed by atoms with Gasteiger partial charge in [0.25, 0.3) is 0 Å². The van der Waals surface area contributed by atoms with Gasteiger partial charge in [-0.2, -0.15) is 9.36 Å². The topological polar surface area (TPSA) is 70.2 Å². The minimum Gasteiger partial charge on any atom is -0.312 e. The molecule has 0 bridgehead atoms. The minimum absolute atomic E-state index is 0.0118. The molecule has 1 atom stereocenters. The van der Waals surface area contributed by atoms with E-state index in [9.17, 15) is 4.79 Å². The van der Waals surface area contributed by atoms with Gasteiger partial charge in [0.15, 0.2) is 0 Å². The molecule has 1 aromatic rings. The second-order valence-electron chi connectivity index (χ2n) is 4.87. The zero-order chi connectivity index (χ0) is 14.4. The number of rotatable bonds is 6. The lowest BCUT2D eigenvalue weighted by Gasteiger charge is -2.30. The lowest BCUT2D eigenvalue weighted by Crippen LogP contribution is -2.51. The molecule has 2 rings (SSSR count). The first-order valence-corrected chi connectivity index (χ1v) is 8.65. The van der Waals surface area contributed by atoms with Crippen LogP contribution in [0.4, 0.5) is 5.13 Å². The quantitative estimate of drug-likeness (QED) is 0.771. The van der Waals surface area contributed by atoms with Crippen molar-refractivity contribution in [3.05, 3.63) is 0 Å². The van der Waals surface area contributed by atoms with E-state index < -0.39 is 0 Å². The first kappa shape index (κ1) is 15.7. The van der Waals surface area contributed by atoms with E-state index in [2.05, 4.69) is 38.7 Å². The van der Waals surface area contributed by atoms with Crippen molar-refractivity contribution >= 4 is 34.3 Å². The number of piperazine rings is 1. The number of hydrogen-bond acceptors (Lipinski definition) is 7. The van der Waals surface area contributed by atoms with Crippen molar-refractivity contribution in [1.29, 1.82) is 0 Å². The molecule has 8 heteroatoms. The maximum Gasteiger partial charge on any atom is 0.240 e. The second-order valence-corrected chi connectivity index (χ2v) is 6.68. The van der Waals surface area contributed by atoms with E-state index in [4.69, 9.17) is 0 Å².